The first-order chi connectivity index (χ1) is 20.0. The van der Waals surface area contributed by atoms with Gasteiger partial charge in [-0.15, -0.1) is 0 Å². The highest BCUT2D eigenvalue weighted by molar-refractivity contribution is 5.74. The zero-order chi connectivity index (χ0) is 30.7. The Morgan fingerprint density at radius 1 is 1.02 bits per heavy atom. The number of esters is 1. The van der Waals surface area contributed by atoms with Crippen molar-refractivity contribution >= 4 is 23.6 Å². The van der Waals surface area contributed by atoms with Crippen LogP contribution in [0, 0.1) is 5.82 Å². The first kappa shape index (κ1) is 32.3. The molecule has 0 unspecified atom stereocenters. The van der Waals surface area contributed by atoms with E-state index in [0.29, 0.717) is 18.4 Å². The number of aldehydes is 1. The maximum atomic E-state index is 12.5. The summed E-state index contributed by atoms with van der Waals surface area (Å²) >= 11 is 0. The van der Waals surface area contributed by atoms with Gasteiger partial charge in [0, 0.05) is 32.1 Å². The molecule has 10 heteroatoms. The van der Waals surface area contributed by atoms with Crippen LogP contribution in [-0.4, -0.2) is 35.3 Å². The van der Waals surface area contributed by atoms with Crippen LogP contribution in [-0.2, 0) is 15.7 Å². The summed E-state index contributed by atoms with van der Waals surface area (Å²) in [5.41, 5.74) is 3.96. The zero-order valence-electron chi connectivity index (χ0n) is 23.9. The molecule has 0 aliphatic heterocycles. The predicted molar refractivity (Wildman–Crippen MR) is 155 cm³/mol. The van der Waals surface area contributed by atoms with Crippen molar-refractivity contribution in [2.45, 2.75) is 58.0 Å². The Kier molecular flexibility index (Phi) is 11.6. The number of aromatic nitrogens is 2. The van der Waals surface area contributed by atoms with E-state index in [2.05, 4.69) is 45.4 Å². The van der Waals surface area contributed by atoms with E-state index >= 15 is 0 Å². The number of halogens is 4. The van der Waals surface area contributed by atoms with Crippen LogP contribution in [0.1, 0.15) is 73.5 Å². The lowest BCUT2D eigenvalue weighted by molar-refractivity contribution is -0.140. The molecule has 2 aromatic carbocycles. The number of alkyl halides is 3. The van der Waals surface area contributed by atoms with Crippen LogP contribution in [0.15, 0.2) is 67.0 Å². The van der Waals surface area contributed by atoms with Gasteiger partial charge in [-0.25, -0.2) is 9.37 Å². The maximum absolute atomic E-state index is 12.5. The minimum absolute atomic E-state index is 0.131. The second kappa shape index (κ2) is 15.1. The molecule has 0 bridgehead atoms. The molecule has 2 aromatic heterocycles. The summed E-state index contributed by atoms with van der Waals surface area (Å²) in [5.74, 6) is -0.368. The molecule has 0 radical (unpaired) electrons. The number of rotatable bonds is 5. The lowest BCUT2D eigenvalue weighted by Crippen LogP contribution is -2.09. The van der Waals surface area contributed by atoms with Gasteiger partial charge in [-0.3, -0.25) is 9.59 Å². The molecule has 1 aliphatic carbocycles. The number of carbonyl (C=O) groups is 2. The number of nitrogens with one attached hydrogen (secondary N) is 1. The van der Waals surface area contributed by atoms with Gasteiger partial charge in [0.15, 0.2) is 6.29 Å². The molecule has 0 spiro atoms. The topological polar surface area (TPSA) is 72.7 Å². The van der Waals surface area contributed by atoms with Crippen molar-refractivity contribution in [1.29, 1.82) is 0 Å². The van der Waals surface area contributed by atoms with Crippen LogP contribution in [0.5, 0.6) is 0 Å². The number of imidazole rings is 1. The number of hydrogen-bond donors (Lipinski definition) is 1. The fraction of sp³-hybridized carbons (Fsp3) is 0.344. The van der Waals surface area contributed by atoms with Crippen molar-refractivity contribution in [1.82, 2.24) is 9.38 Å². The Balaban J connectivity index is 0.000000215. The Morgan fingerprint density at radius 2 is 1.69 bits per heavy atom. The molecule has 4 aromatic rings. The van der Waals surface area contributed by atoms with Crippen LogP contribution in [0.25, 0.3) is 16.8 Å². The summed E-state index contributed by atoms with van der Waals surface area (Å²) in [6, 6.07) is 15.5. The number of nitrogens with zero attached hydrogens (tertiary/aromatic N) is 2. The second-order valence-corrected chi connectivity index (χ2v) is 9.79. The highest BCUT2D eigenvalue weighted by atomic mass is 19.4. The number of pyridine rings is 1. The highest BCUT2D eigenvalue weighted by Gasteiger charge is 2.33. The van der Waals surface area contributed by atoms with Crippen molar-refractivity contribution in [3.05, 3.63) is 89.6 Å². The maximum Gasteiger partial charge on any atom is 0.418 e. The molecule has 0 saturated heterocycles. The quantitative estimate of drug-likeness (QED) is 0.145. The summed E-state index contributed by atoms with van der Waals surface area (Å²) in [5, 5.41) is 2.34. The minimum atomic E-state index is -4.53. The predicted octanol–water partition coefficient (Wildman–Crippen LogP) is 8.32. The van der Waals surface area contributed by atoms with E-state index in [1.165, 1.54) is 57.2 Å². The van der Waals surface area contributed by atoms with E-state index in [0.717, 1.165) is 35.5 Å². The van der Waals surface area contributed by atoms with Gasteiger partial charge in [0.05, 0.1) is 12.2 Å². The van der Waals surface area contributed by atoms with Crippen LogP contribution in [0.2, 0.25) is 0 Å². The van der Waals surface area contributed by atoms with Gasteiger partial charge in [0.1, 0.15) is 17.2 Å². The van der Waals surface area contributed by atoms with Crippen molar-refractivity contribution < 1.29 is 31.9 Å². The van der Waals surface area contributed by atoms with Crippen molar-refractivity contribution in [3.8, 4) is 11.1 Å². The molecule has 6 nitrogen and oxygen atoms in total. The van der Waals surface area contributed by atoms with Gasteiger partial charge in [-0.05, 0) is 72.7 Å². The monoisotopic (exact) mass is 585 g/mol. The van der Waals surface area contributed by atoms with E-state index in [9.17, 15) is 27.2 Å². The third-order valence-electron chi connectivity index (χ3n) is 6.81. The van der Waals surface area contributed by atoms with Crippen LogP contribution in [0.4, 0.5) is 23.2 Å². The second-order valence-electron chi connectivity index (χ2n) is 9.79. The largest absolute Gasteiger partial charge is 0.466 e. The molecule has 0 amide bonds. The summed E-state index contributed by atoms with van der Waals surface area (Å²) < 4.78 is 55.4. The van der Waals surface area contributed by atoms with Crippen molar-refractivity contribution in [3.63, 3.8) is 0 Å². The molecule has 2 heterocycles. The average molecular weight is 586 g/mol. The van der Waals surface area contributed by atoms with Crippen molar-refractivity contribution in [2.75, 3.05) is 19.0 Å². The van der Waals surface area contributed by atoms with Crippen molar-refractivity contribution in [2.24, 2.45) is 0 Å². The smallest absolute Gasteiger partial charge is 0.418 e. The average Bonchev–Trinajstić information content (AvgIpc) is 3.41. The zero-order valence-corrected chi connectivity index (χ0v) is 23.9. The molecule has 224 valence electrons. The normalized spacial score (nSPS) is 13.3. The molecule has 1 fully saturated rings. The molecular weight excluding hydrogens is 550 g/mol. The standard InChI is InChI=1S/C20H20N2O.C8H7F4N.C4H8O2/c23-14-19-13-22-12-18(10-11-20(22)21-19)17-8-6-16(7-9-17)15-4-2-1-3-5-15;1-13-7-3-2-5(9)4-6(7)8(10,11)12;1-3-6-4(2)5/h6-15H,1-5H2;2-4,13H,1H3;3H2,1-2H3. The number of carbonyl (C=O) groups excluding carboxylic acids is 2. The van der Waals surface area contributed by atoms with Gasteiger partial charge in [-0.2, -0.15) is 13.2 Å². The highest BCUT2D eigenvalue weighted by Crippen LogP contribution is 2.35. The lowest BCUT2D eigenvalue weighted by atomic mass is 9.84. The lowest BCUT2D eigenvalue weighted by Gasteiger charge is -2.22. The number of benzene rings is 2. The van der Waals surface area contributed by atoms with E-state index in [-0.39, 0.29) is 11.7 Å². The van der Waals surface area contributed by atoms with Crippen LogP contribution in [0.3, 0.4) is 0 Å². The third kappa shape index (κ3) is 9.15. The Morgan fingerprint density at radius 3 is 2.24 bits per heavy atom. The molecule has 1 N–H and O–H groups in total. The number of hydrogen-bond acceptors (Lipinski definition) is 5. The first-order valence-electron chi connectivity index (χ1n) is 13.8. The summed E-state index contributed by atoms with van der Waals surface area (Å²) in [4.78, 5) is 24.9. The number of fused-ring (bicyclic) bond motifs is 1. The molecular formula is C32H35F4N3O3. The summed E-state index contributed by atoms with van der Waals surface area (Å²) in [7, 11) is 1.35. The van der Waals surface area contributed by atoms with Crippen LogP contribution >= 0.6 is 0 Å². The molecule has 1 aliphatic rings. The number of anilines is 1. The van der Waals surface area contributed by atoms with E-state index in [4.69, 9.17) is 0 Å². The minimum Gasteiger partial charge on any atom is -0.466 e. The van der Waals surface area contributed by atoms with Gasteiger partial charge in [0.25, 0.3) is 0 Å². The SMILES string of the molecule is CCOC(C)=O.CNc1ccc(F)cc1C(F)(F)F.O=Cc1cn2cc(-c3ccc(C4CCCCC4)cc3)ccc2n1. The fourth-order valence-electron chi connectivity index (χ4n) is 4.79. The Hall–Kier alpha value is -4.21. The fourth-order valence-corrected chi connectivity index (χ4v) is 4.79. The van der Waals surface area contributed by atoms with E-state index < -0.39 is 17.6 Å². The first-order valence-corrected chi connectivity index (χ1v) is 13.8. The molecule has 5 rings (SSSR count). The summed E-state index contributed by atoms with van der Waals surface area (Å²) in [6.45, 7) is 3.65. The number of ether oxygens (including phenoxy) is 1. The van der Waals surface area contributed by atoms with Crippen LogP contribution < -0.4 is 5.32 Å². The van der Waals surface area contributed by atoms with E-state index in [1.807, 2.05) is 16.7 Å². The summed E-state index contributed by atoms with van der Waals surface area (Å²) in [6.07, 6.45) is 6.83. The Labute approximate surface area is 242 Å². The Bertz CT molecular complexity index is 1460. The van der Waals surface area contributed by atoms with Gasteiger partial charge < -0.3 is 14.5 Å². The molecule has 1 saturated carbocycles. The van der Waals surface area contributed by atoms with E-state index in [1.54, 1.807) is 13.1 Å². The van der Waals surface area contributed by atoms with Gasteiger partial charge >= 0.3 is 12.1 Å². The molecule has 42 heavy (non-hydrogen) atoms. The molecule has 0 atom stereocenters. The van der Waals surface area contributed by atoms with Gasteiger partial charge in [0.2, 0.25) is 0 Å². The van der Waals surface area contributed by atoms with Gasteiger partial charge in [-0.1, -0.05) is 43.5 Å². The third-order valence-corrected chi connectivity index (χ3v) is 6.81.